The molecule has 0 aliphatic carbocycles. The number of nitrogens with zero attached hydrogens (tertiary/aromatic N) is 6. The number of ether oxygens (including phenoxy) is 1. The minimum absolute atomic E-state index is 0.175. The molecule has 0 aromatic carbocycles. The lowest BCUT2D eigenvalue weighted by molar-refractivity contribution is -0.131. The summed E-state index contributed by atoms with van der Waals surface area (Å²) in [6.07, 6.45) is 7.30. The van der Waals surface area contributed by atoms with Gasteiger partial charge in [-0.05, 0) is 51.6 Å². The number of aryl methyl sites for hydroxylation is 1. The average molecular weight is 490 g/mol. The highest BCUT2D eigenvalue weighted by Gasteiger charge is 2.41. The van der Waals surface area contributed by atoms with Crippen LogP contribution in [0.25, 0.3) is 11.3 Å². The summed E-state index contributed by atoms with van der Waals surface area (Å²) in [5.41, 5.74) is 1.80. The number of pyridine rings is 2. The Balaban J connectivity index is 1.26. The van der Waals surface area contributed by atoms with Crippen LogP contribution >= 0.6 is 0 Å². The van der Waals surface area contributed by atoms with Crippen molar-refractivity contribution in [3.8, 4) is 22.8 Å². The molecule has 0 spiro atoms. The van der Waals surface area contributed by atoms with E-state index in [1.807, 2.05) is 37.0 Å². The molecule has 36 heavy (non-hydrogen) atoms. The lowest BCUT2D eigenvalue weighted by Crippen LogP contribution is -2.39. The van der Waals surface area contributed by atoms with Crippen LogP contribution in [0.1, 0.15) is 38.4 Å². The summed E-state index contributed by atoms with van der Waals surface area (Å²) in [6.45, 7) is 7.97. The van der Waals surface area contributed by atoms with Gasteiger partial charge < -0.3 is 9.64 Å². The molecule has 188 valence electrons. The number of aromatic nitrogens is 4. The molecule has 3 aromatic rings. The van der Waals surface area contributed by atoms with Crippen molar-refractivity contribution < 1.29 is 14.3 Å². The molecule has 2 fully saturated rings. The van der Waals surface area contributed by atoms with Crippen LogP contribution in [0.15, 0.2) is 42.9 Å². The molecule has 2 aliphatic rings. The topological polar surface area (TPSA) is 105 Å². The van der Waals surface area contributed by atoms with E-state index < -0.39 is 11.4 Å². The number of carbonyl (C=O) groups excluding carboxylic acids is 2. The molecule has 0 radical (unpaired) electrons. The van der Waals surface area contributed by atoms with E-state index in [2.05, 4.69) is 32.3 Å². The first-order chi connectivity index (χ1) is 17.2. The molecule has 5 rings (SSSR count). The zero-order valence-corrected chi connectivity index (χ0v) is 21.1. The summed E-state index contributed by atoms with van der Waals surface area (Å²) in [5.74, 6) is 1.38. The molecule has 1 atom stereocenters. The van der Waals surface area contributed by atoms with Crippen molar-refractivity contribution in [3.63, 3.8) is 0 Å². The summed E-state index contributed by atoms with van der Waals surface area (Å²) >= 11 is 0. The average Bonchev–Trinajstić information content (AvgIpc) is 3.56. The Labute approximate surface area is 210 Å². The fraction of sp³-hybridized carbons (Fsp3) is 0.423. The quantitative estimate of drug-likeness (QED) is 0.575. The highest BCUT2D eigenvalue weighted by atomic mass is 16.5. The second-order valence-corrected chi connectivity index (χ2v) is 10.2. The number of likely N-dealkylation sites (N-methyl/N-ethyl adjacent to an activating group) is 1. The zero-order chi connectivity index (χ0) is 25.4. The number of carbonyl (C=O) groups is 2. The Morgan fingerprint density at radius 2 is 2.06 bits per heavy atom. The summed E-state index contributed by atoms with van der Waals surface area (Å²) < 4.78 is 8.10. The minimum atomic E-state index is -0.520. The maximum absolute atomic E-state index is 12.6. The van der Waals surface area contributed by atoms with Gasteiger partial charge in [0.1, 0.15) is 17.3 Å². The van der Waals surface area contributed by atoms with Crippen LogP contribution in [0, 0.1) is 12.3 Å². The van der Waals surface area contributed by atoms with Crippen molar-refractivity contribution in [1.82, 2.24) is 29.5 Å². The van der Waals surface area contributed by atoms with E-state index in [0.717, 1.165) is 30.8 Å². The lowest BCUT2D eigenvalue weighted by atomic mass is 9.92. The molecule has 1 unspecified atom stereocenters. The maximum atomic E-state index is 12.6. The van der Waals surface area contributed by atoms with Crippen LogP contribution in [-0.4, -0.2) is 68.2 Å². The van der Waals surface area contributed by atoms with Crippen molar-refractivity contribution in [2.75, 3.05) is 32.0 Å². The summed E-state index contributed by atoms with van der Waals surface area (Å²) in [6, 6.07) is 6.99. The van der Waals surface area contributed by atoms with Crippen molar-refractivity contribution in [2.45, 2.75) is 39.7 Å². The first kappa shape index (κ1) is 23.9. The third-order valence-corrected chi connectivity index (χ3v) is 6.90. The molecule has 0 saturated carbocycles. The second kappa shape index (κ2) is 9.34. The smallest absolute Gasteiger partial charge is 0.329 e. The lowest BCUT2D eigenvalue weighted by Gasteiger charge is -2.18. The Morgan fingerprint density at radius 3 is 2.75 bits per heavy atom. The largest absolute Gasteiger partial charge is 0.455 e. The Hall–Kier alpha value is -3.79. The van der Waals surface area contributed by atoms with E-state index >= 15 is 0 Å². The Morgan fingerprint density at radius 1 is 1.22 bits per heavy atom. The highest BCUT2D eigenvalue weighted by molar-refractivity contribution is 6.03. The van der Waals surface area contributed by atoms with Crippen molar-refractivity contribution in [3.05, 3.63) is 48.5 Å². The van der Waals surface area contributed by atoms with Gasteiger partial charge in [-0.15, -0.1) is 0 Å². The Bertz CT molecular complexity index is 1300. The van der Waals surface area contributed by atoms with Gasteiger partial charge in [0.15, 0.2) is 0 Å². The van der Waals surface area contributed by atoms with Gasteiger partial charge in [-0.2, -0.15) is 5.10 Å². The molecule has 10 nitrogen and oxygen atoms in total. The molecule has 5 heterocycles. The number of rotatable bonds is 5. The molecule has 2 saturated heterocycles. The van der Waals surface area contributed by atoms with Gasteiger partial charge in [0, 0.05) is 42.5 Å². The maximum Gasteiger partial charge on any atom is 0.329 e. The van der Waals surface area contributed by atoms with Crippen LogP contribution in [0.3, 0.4) is 0 Å². The molecule has 10 heteroatoms. The summed E-state index contributed by atoms with van der Waals surface area (Å²) in [7, 11) is 2.12. The number of nitrogens with one attached hydrogen (secondary N) is 1. The predicted molar refractivity (Wildman–Crippen MR) is 135 cm³/mol. The summed E-state index contributed by atoms with van der Waals surface area (Å²) in [4.78, 5) is 37.5. The fourth-order valence-corrected chi connectivity index (χ4v) is 4.62. The summed E-state index contributed by atoms with van der Waals surface area (Å²) in [5, 5.41) is 7.27. The fourth-order valence-electron chi connectivity index (χ4n) is 4.62. The van der Waals surface area contributed by atoms with Gasteiger partial charge in [-0.1, -0.05) is 13.8 Å². The predicted octanol–water partition coefficient (Wildman–Crippen LogP) is 4.11. The van der Waals surface area contributed by atoms with Crippen LogP contribution < -0.4 is 10.1 Å². The molecule has 3 amide bonds. The van der Waals surface area contributed by atoms with E-state index in [0.29, 0.717) is 42.0 Å². The third-order valence-electron chi connectivity index (χ3n) is 6.90. The van der Waals surface area contributed by atoms with Gasteiger partial charge in [0.05, 0.1) is 23.6 Å². The number of anilines is 1. The van der Waals surface area contributed by atoms with E-state index in [-0.39, 0.29) is 5.91 Å². The highest BCUT2D eigenvalue weighted by Crippen LogP contribution is 2.32. The molecular weight excluding hydrogens is 458 g/mol. The van der Waals surface area contributed by atoms with E-state index in [9.17, 15) is 9.59 Å². The normalized spacial score (nSPS) is 19.6. The van der Waals surface area contributed by atoms with Gasteiger partial charge in [0.25, 0.3) is 0 Å². The number of imide groups is 1. The van der Waals surface area contributed by atoms with Gasteiger partial charge >= 0.3 is 6.03 Å². The number of likely N-dealkylation sites (tertiary alicyclic amines) is 2. The van der Waals surface area contributed by atoms with Crippen LogP contribution in [0.5, 0.6) is 11.5 Å². The van der Waals surface area contributed by atoms with Gasteiger partial charge in [-0.3, -0.25) is 24.7 Å². The molecule has 1 N–H and O–H groups in total. The standard InChI is InChI=1S/C26H31N7O3/c1-17-22(5-6-23(29-17)30-25(35)32-12-9-26(2,3)24(32)34)36-20-7-10-27-21(13-20)18-14-28-33(15-18)19-8-11-31(4)16-19/h5-7,10,13-15,19H,8-9,11-12,16H2,1-4H3,(H,29,30,35). The van der Waals surface area contributed by atoms with E-state index in [4.69, 9.17) is 4.74 Å². The molecule has 3 aromatic heterocycles. The zero-order valence-electron chi connectivity index (χ0n) is 21.1. The molecule has 0 bridgehead atoms. The number of hydrogen-bond donors (Lipinski definition) is 1. The third kappa shape index (κ3) is 4.81. The number of hydrogen-bond acceptors (Lipinski definition) is 7. The number of urea groups is 1. The van der Waals surface area contributed by atoms with Crippen molar-refractivity contribution in [1.29, 1.82) is 0 Å². The first-order valence-electron chi connectivity index (χ1n) is 12.2. The minimum Gasteiger partial charge on any atom is -0.455 e. The second-order valence-electron chi connectivity index (χ2n) is 10.2. The van der Waals surface area contributed by atoms with E-state index in [1.165, 1.54) is 4.90 Å². The number of amides is 3. The van der Waals surface area contributed by atoms with Gasteiger partial charge in [-0.25, -0.2) is 9.78 Å². The molecule has 2 aliphatic heterocycles. The van der Waals surface area contributed by atoms with Crippen LogP contribution in [0.4, 0.5) is 10.6 Å². The SMILES string of the molecule is Cc1nc(NC(=O)N2CCC(C)(C)C2=O)ccc1Oc1ccnc(-c2cnn(C3CCN(C)C3)c2)c1. The first-order valence-corrected chi connectivity index (χ1v) is 12.2. The van der Waals surface area contributed by atoms with Gasteiger partial charge in [0.2, 0.25) is 5.91 Å². The van der Waals surface area contributed by atoms with Crippen molar-refractivity contribution in [2.24, 2.45) is 5.41 Å². The monoisotopic (exact) mass is 489 g/mol. The van der Waals surface area contributed by atoms with Crippen LogP contribution in [-0.2, 0) is 4.79 Å². The van der Waals surface area contributed by atoms with E-state index in [1.54, 1.807) is 31.3 Å². The van der Waals surface area contributed by atoms with Crippen molar-refractivity contribution >= 4 is 17.8 Å². The Kier molecular flexibility index (Phi) is 6.21. The molecular formula is C26H31N7O3. The van der Waals surface area contributed by atoms with Crippen LogP contribution in [0.2, 0.25) is 0 Å².